The molecule has 2 aromatic heterocycles. The smallest absolute Gasteiger partial charge is 0.419 e. The van der Waals surface area contributed by atoms with Crippen LogP contribution in [-0.2, 0) is 4.74 Å². The van der Waals surface area contributed by atoms with E-state index in [9.17, 15) is 9.59 Å². The summed E-state index contributed by atoms with van der Waals surface area (Å²) in [6.07, 6.45) is 3.08. The maximum atomic E-state index is 13.5. The Morgan fingerprint density at radius 1 is 1.20 bits per heavy atom. The molecule has 1 N–H and O–H groups in total. The number of nitrogens with zero attached hydrogens (tertiary/aromatic N) is 2. The summed E-state index contributed by atoms with van der Waals surface area (Å²) in [5.74, 6) is 0.647. The summed E-state index contributed by atoms with van der Waals surface area (Å²) in [7, 11) is 0. The third-order valence-corrected chi connectivity index (χ3v) is 6.29. The fraction of sp³-hybridized carbons (Fsp3) is 0.348. The molecule has 0 bridgehead atoms. The van der Waals surface area contributed by atoms with Crippen LogP contribution in [0, 0.1) is 6.92 Å². The van der Waals surface area contributed by atoms with Crippen LogP contribution in [0.2, 0.25) is 0 Å². The van der Waals surface area contributed by atoms with Gasteiger partial charge in [-0.1, -0.05) is 24.3 Å². The minimum Gasteiger partial charge on any atom is -0.443 e. The fourth-order valence-corrected chi connectivity index (χ4v) is 4.97. The highest BCUT2D eigenvalue weighted by molar-refractivity contribution is 7.99. The normalized spacial score (nSPS) is 19.2. The molecular formula is C23H25N3O3S. The van der Waals surface area contributed by atoms with E-state index in [2.05, 4.69) is 10.3 Å². The number of Topliss-reactive ketones (excluding diaryl/α,β-unsaturated/α-hetero) is 1. The number of thioether (sulfide) groups is 1. The first-order chi connectivity index (χ1) is 14.3. The quantitative estimate of drug-likeness (QED) is 0.615. The molecule has 1 fully saturated rings. The van der Waals surface area contributed by atoms with Crippen molar-refractivity contribution in [1.82, 2.24) is 14.9 Å². The number of aromatic nitrogens is 2. The number of ether oxygens (including phenoxy) is 1. The van der Waals surface area contributed by atoms with Gasteiger partial charge in [-0.25, -0.2) is 9.36 Å². The Morgan fingerprint density at radius 2 is 1.97 bits per heavy atom. The second kappa shape index (κ2) is 7.89. The predicted molar refractivity (Wildman–Crippen MR) is 119 cm³/mol. The summed E-state index contributed by atoms with van der Waals surface area (Å²) in [6.45, 7) is 7.29. The van der Waals surface area contributed by atoms with Gasteiger partial charge in [-0.05, 0) is 45.4 Å². The molecule has 1 aliphatic heterocycles. The van der Waals surface area contributed by atoms with Crippen LogP contribution in [0.3, 0.4) is 0 Å². The molecular weight excluding hydrogens is 398 g/mol. The van der Waals surface area contributed by atoms with Crippen LogP contribution >= 0.6 is 11.8 Å². The van der Waals surface area contributed by atoms with Crippen molar-refractivity contribution in [1.29, 1.82) is 0 Å². The van der Waals surface area contributed by atoms with Gasteiger partial charge < -0.3 is 4.74 Å². The molecule has 3 aromatic rings. The second-order valence-corrected chi connectivity index (χ2v) is 9.51. The fourth-order valence-electron chi connectivity index (χ4n) is 3.74. The van der Waals surface area contributed by atoms with Crippen molar-refractivity contribution in [3.63, 3.8) is 0 Å². The lowest BCUT2D eigenvalue weighted by Crippen LogP contribution is -2.34. The number of hydrogen-bond donors (Lipinski definition) is 1. The van der Waals surface area contributed by atoms with Gasteiger partial charge in [0.25, 0.3) is 0 Å². The van der Waals surface area contributed by atoms with Gasteiger partial charge in [0.2, 0.25) is 0 Å². The number of carbonyl (C=O) groups is 2. The van der Waals surface area contributed by atoms with Crippen molar-refractivity contribution < 1.29 is 14.3 Å². The van der Waals surface area contributed by atoms with Gasteiger partial charge >= 0.3 is 6.09 Å². The summed E-state index contributed by atoms with van der Waals surface area (Å²) in [6, 6.07) is 11.0. The van der Waals surface area contributed by atoms with E-state index in [1.54, 1.807) is 24.9 Å². The lowest BCUT2D eigenvalue weighted by atomic mass is 10.0. The van der Waals surface area contributed by atoms with E-state index in [-0.39, 0.29) is 17.2 Å². The zero-order valence-corrected chi connectivity index (χ0v) is 18.3. The lowest BCUT2D eigenvalue weighted by molar-refractivity contribution is 0.0541. The Labute approximate surface area is 180 Å². The molecule has 7 heteroatoms. The highest BCUT2D eigenvalue weighted by Gasteiger charge is 2.35. The van der Waals surface area contributed by atoms with Crippen LogP contribution in [0.5, 0.6) is 0 Å². The summed E-state index contributed by atoms with van der Waals surface area (Å²) >= 11 is 1.69. The molecule has 1 saturated heterocycles. The Hall–Kier alpha value is -2.64. The Kier molecular flexibility index (Phi) is 5.42. The largest absolute Gasteiger partial charge is 0.443 e. The van der Waals surface area contributed by atoms with Crippen LogP contribution in [-0.4, -0.2) is 38.8 Å². The number of para-hydroxylation sites is 1. The van der Waals surface area contributed by atoms with Crippen molar-refractivity contribution in [2.75, 3.05) is 5.75 Å². The first-order valence-corrected chi connectivity index (χ1v) is 11.0. The predicted octanol–water partition coefficient (Wildman–Crippen LogP) is 4.71. The van der Waals surface area contributed by atoms with Crippen molar-refractivity contribution in [2.24, 2.45) is 0 Å². The van der Waals surface area contributed by atoms with E-state index in [1.807, 2.05) is 63.4 Å². The van der Waals surface area contributed by atoms with Gasteiger partial charge in [-0.15, -0.1) is 11.8 Å². The standard InChI is InChI=1S/C23H25N3O3S/c1-14-19(20(27)17-13-30-21(25-17)15-8-7-11-24-12-15)16-9-5-6-10-18(16)26(14)22(28)29-23(2,3)4/h5-12,17,21,25H,13H2,1-4H3/t17-,21?/m0/s1. The van der Waals surface area contributed by atoms with Crippen molar-refractivity contribution >= 4 is 34.5 Å². The zero-order valence-electron chi connectivity index (χ0n) is 17.5. The second-order valence-electron chi connectivity index (χ2n) is 8.38. The monoisotopic (exact) mass is 423 g/mol. The molecule has 1 aliphatic rings. The Bertz CT molecular complexity index is 1100. The number of benzene rings is 1. The molecule has 1 unspecified atom stereocenters. The molecule has 0 radical (unpaired) electrons. The van der Waals surface area contributed by atoms with Crippen LogP contribution in [0.15, 0.2) is 48.8 Å². The minimum absolute atomic E-state index is 0.00935. The summed E-state index contributed by atoms with van der Waals surface area (Å²) in [4.78, 5) is 30.6. The molecule has 1 aromatic carbocycles. The first-order valence-electron chi connectivity index (χ1n) is 9.91. The van der Waals surface area contributed by atoms with E-state index in [4.69, 9.17) is 4.74 Å². The Balaban J connectivity index is 1.68. The SMILES string of the molecule is Cc1c(C(=O)[C@@H]2CSC(c3cccnc3)N2)c2ccccc2n1C(=O)OC(C)(C)C. The molecule has 3 heterocycles. The minimum atomic E-state index is -0.625. The topological polar surface area (TPSA) is 73.2 Å². The summed E-state index contributed by atoms with van der Waals surface area (Å²) in [5.41, 5.74) is 2.28. The van der Waals surface area contributed by atoms with Crippen LogP contribution < -0.4 is 5.32 Å². The number of ketones is 1. The van der Waals surface area contributed by atoms with E-state index in [0.717, 1.165) is 10.9 Å². The van der Waals surface area contributed by atoms with E-state index in [1.165, 1.54) is 4.57 Å². The van der Waals surface area contributed by atoms with Crippen LogP contribution in [0.25, 0.3) is 10.9 Å². The Morgan fingerprint density at radius 3 is 2.67 bits per heavy atom. The van der Waals surface area contributed by atoms with Crippen LogP contribution in [0.1, 0.15) is 47.8 Å². The maximum absolute atomic E-state index is 13.5. The van der Waals surface area contributed by atoms with Gasteiger partial charge in [0.1, 0.15) is 5.60 Å². The average molecular weight is 424 g/mol. The number of nitrogens with one attached hydrogen (secondary N) is 1. The molecule has 0 spiro atoms. The maximum Gasteiger partial charge on any atom is 0.419 e. The first kappa shape index (κ1) is 20.6. The molecule has 30 heavy (non-hydrogen) atoms. The highest BCUT2D eigenvalue weighted by Crippen LogP contribution is 2.35. The van der Waals surface area contributed by atoms with Crippen molar-refractivity contribution in [3.8, 4) is 0 Å². The highest BCUT2D eigenvalue weighted by atomic mass is 32.2. The molecule has 156 valence electrons. The summed E-state index contributed by atoms with van der Waals surface area (Å²) < 4.78 is 7.10. The number of fused-ring (bicyclic) bond motifs is 1. The van der Waals surface area contributed by atoms with Gasteiger partial charge in [-0.2, -0.15) is 0 Å². The van der Waals surface area contributed by atoms with Crippen LogP contribution in [0.4, 0.5) is 4.79 Å². The summed E-state index contributed by atoms with van der Waals surface area (Å²) in [5, 5.41) is 4.21. The molecule has 2 atom stereocenters. The van der Waals surface area contributed by atoms with Crippen molar-refractivity contribution in [2.45, 2.75) is 44.7 Å². The van der Waals surface area contributed by atoms with E-state index < -0.39 is 11.7 Å². The van der Waals surface area contributed by atoms with E-state index in [0.29, 0.717) is 22.5 Å². The van der Waals surface area contributed by atoms with Crippen molar-refractivity contribution in [3.05, 3.63) is 65.6 Å². The molecule has 6 nitrogen and oxygen atoms in total. The van der Waals surface area contributed by atoms with Gasteiger partial charge in [0.15, 0.2) is 5.78 Å². The van der Waals surface area contributed by atoms with Gasteiger partial charge in [0, 0.05) is 34.8 Å². The average Bonchev–Trinajstić information content (AvgIpc) is 3.29. The molecule has 4 rings (SSSR count). The van der Waals surface area contributed by atoms with E-state index >= 15 is 0 Å². The number of rotatable bonds is 3. The molecule has 0 aliphatic carbocycles. The third-order valence-electron chi connectivity index (χ3n) is 5.02. The van der Waals surface area contributed by atoms with Gasteiger partial charge in [0.05, 0.1) is 16.9 Å². The van der Waals surface area contributed by atoms with Gasteiger partial charge in [-0.3, -0.25) is 15.1 Å². The number of carbonyl (C=O) groups excluding carboxylic acids is 2. The molecule has 0 amide bonds. The molecule has 0 saturated carbocycles. The number of hydrogen-bond acceptors (Lipinski definition) is 6. The number of pyridine rings is 1. The zero-order chi connectivity index (χ0) is 21.5. The lowest BCUT2D eigenvalue weighted by Gasteiger charge is -2.20. The third kappa shape index (κ3) is 3.87.